The molecule has 0 amide bonds. The van der Waals surface area contributed by atoms with Gasteiger partial charge >= 0.3 is 0 Å². The van der Waals surface area contributed by atoms with Crippen molar-refractivity contribution in [3.05, 3.63) is 54.6 Å². The van der Waals surface area contributed by atoms with E-state index in [1.165, 1.54) is 0 Å². The molecule has 2 N–H and O–H groups in total. The molecule has 0 unspecified atom stereocenters. The summed E-state index contributed by atoms with van der Waals surface area (Å²) < 4.78 is 16.5. The first-order valence-corrected chi connectivity index (χ1v) is 9.46. The zero-order valence-electron chi connectivity index (χ0n) is 16.8. The second-order valence-corrected chi connectivity index (χ2v) is 6.82. The molecule has 0 saturated heterocycles. The fourth-order valence-corrected chi connectivity index (χ4v) is 3.76. The number of aromatic amines is 2. The van der Waals surface area contributed by atoms with Crippen LogP contribution in [0.1, 0.15) is 0 Å². The van der Waals surface area contributed by atoms with E-state index in [2.05, 4.69) is 15.2 Å². The molecule has 0 aliphatic heterocycles. The Morgan fingerprint density at radius 1 is 0.800 bits per heavy atom. The SMILES string of the molecule is COc1cc(-c2cccc3[nH]c(-c4n[nH]c5ccccc45)nc23)cc(OC)c1OC. The Hall–Kier alpha value is -4.00. The van der Waals surface area contributed by atoms with Gasteiger partial charge in [-0.2, -0.15) is 5.10 Å². The molecular weight excluding hydrogens is 380 g/mol. The summed E-state index contributed by atoms with van der Waals surface area (Å²) in [6, 6.07) is 17.9. The van der Waals surface area contributed by atoms with Crippen molar-refractivity contribution in [2.75, 3.05) is 21.3 Å². The van der Waals surface area contributed by atoms with E-state index in [4.69, 9.17) is 19.2 Å². The highest BCUT2D eigenvalue weighted by atomic mass is 16.5. The van der Waals surface area contributed by atoms with Gasteiger partial charge in [0.15, 0.2) is 17.3 Å². The lowest BCUT2D eigenvalue weighted by Gasteiger charge is -2.14. The number of ether oxygens (including phenoxy) is 3. The number of benzene rings is 3. The van der Waals surface area contributed by atoms with Crippen LogP contribution in [-0.4, -0.2) is 41.5 Å². The maximum Gasteiger partial charge on any atom is 0.203 e. The highest BCUT2D eigenvalue weighted by Crippen LogP contribution is 2.42. The maximum atomic E-state index is 5.52. The fourth-order valence-electron chi connectivity index (χ4n) is 3.76. The standard InChI is InChI=1S/C23H20N4O3/c1-28-18-11-13(12-19(29-2)22(18)30-3)14-8-6-10-17-20(14)25-23(24-17)21-15-7-4-5-9-16(15)26-27-21/h4-12H,1-3H3,(H,24,25)(H,26,27). The molecule has 0 bridgehead atoms. The monoisotopic (exact) mass is 400 g/mol. The maximum absolute atomic E-state index is 5.52. The molecule has 0 radical (unpaired) electrons. The summed E-state index contributed by atoms with van der Waals surface area (Å²) in [6.45, 7) is 0. The van der Waals surface area contributed by atoms with Crippen molar-refractivity contribution in [1.29, 1.82) is 0 Å². The Kier molecular flexibility index (Phi) is 4.28. The zero-order chi connectivity index (χ0) is 20.7. The number of fused-ring (bicyclic) bond motifs is 2. The minimum atomic E-state index is 0.557. The number of para-hydroxylation sites is 2. The molecule has 30 heavy (non-hydrogen) atoms. The lowest BCUT2D eigenvalue weighted by molar-refractivity contribution is 0.324. The first-order chi connectivity index (χ1) is 14.7. The predicted molar refractivity (Wildman–Crippen MR) is 116 cm³/mol. The predicted octanol–water partition coefficient (Wildman–Crippen LogP) is 4.80. The third-order valence-corrected chi connectivity index (χ3v) is 5.18. The van der Waals surface area contributed by atoms with Crippen molar-refractivity contribution in [2.45, 2.75) is 0 Å². The average molecular weight is 400 g/mol. The van der Waals surface area contributed by atoms with Crippen LogP contribution in [0.25, 0.3) is 44.6 Å². The molecule has 7 heteroatoms. The Morgan fingerprint density at radius 2 is 1.53 bits per heavy atom. The molecule has 0 fully saturated rings. The topological polar surface area (TPSA) is 85.1 Å². The van der Waals surface area contributed by atoms with Crippen LogP contribution in [0.4, 0.5) is 0 Å². The van der Waals surface area contributed by atoms with Crippen molar-refractivity contribution in [1.82, 2.24) is 20.2 Å². The van der Waals surface area contributed by atoms with Gasteiger partial charge in [0.1, 0.15) is 5.69 Å². The van der Waals surface area contributed by atoms with Gasteiger partial charge in [0.05, 0.1) is 37.9 Å². The van der Waals surface area contributed by atoms with Crippen LogP contribution in [0.2, 0.25) is 0 Å². The highest BCUT2D eigenvalue weighted by Gasteiger charge is 2.18. The van der Waals surface area contributed by atoms with Crippen LogP contribution >= 0.6 is 0 Å². The second-order valence-electron chi connectivity index (χ2n) is 6.82. The number of nitrogens with one attached hydrogen (secondary N) is 2. The van der Waals surface area contributed by atoms with E-state index in [0.29, 0.717) is 23.1 Å². The average Bonchev–Trinajstić information content (AvgIpc) is 3.41. The van der Waals surface area contributed by atoms with Gasteiger partial charge in [-0.25, -0.2) is 4.98 Å². The van der Waals surface area contributed by atoms with Crippen LogP contribution in [0.5, 0.6) is 17.2 Å². The lowest BCUT2D eigenvalue weighted by atomic mass is 10.0. The van der Waals surface area contributed by atoms with Crippen LogP contribution in [-0.2, 0) is 0 Å². The van der Waals surface area contributed by atoms with Gasteiger partial charge in [0.25, 0.3) is 0 Å². The number of rotatable bonds is 5. The first-order valence-electron chi connectivity index (χ1n) is 9.46. The van der Waals surface area contributed by atoms with Crippen molar-refractivity contribution >= 4 is 21.9 Å². The van der Waals surface area contributed by atoms with E-state index < -0.39 is 0 Å². The molecule has 0 aliphatic carbocycles. The van der Waals surface area contributed by atoms with Crippen molar-refractivity contribution < 1.29 is 14.2 Å². The van der Waals surface area contributed by atoms with Crippen LogP contribution in [0, 0.1) is 0 Å². The number of hydrogen-bond acceptors (Lipinski definition) is 5. The largest absolute Gasteiger partial charge is 0.493 e. The number of nitrogens with zero attached hydrogens (tertiary/aromatic N) is 2. The van der Waals surface area contributed by atoms with E-state index in [0.717, 1.165) is 38.8 Å². The molecule has 5 rings (SSSR count). The molecule has 0 aliphatic rings. The van der Waals surface area contributed by atoms with Gasteiger partial charge in [-0.3, -0.25) is 5.10 Å². The summed E-state index contributed by atoms with van der Waals surface area (Å²) in [4.78, 5) is 8.28. The molecule has 2 heterocycles. The minimum Gasteiger partial charge on any atom is -0.493 e. The summed E-state index contributed by atoms with van der Waals surface area (Å²) in [5.74, 6) is 2.46. The second kappa shape index (κ2) is 7.11. The summed E-state index contributed by atoms with van der Waals surface area (Å²) in [5, 5.41) is 8.55. The molecule has 0 atom stereocenters. The van der Waals surface area contributed by atoms with Crippen molar-refractivity contribution in [3.8, 4) is 39.9 Å². The Bertz CT molecular complexity index is 1340. The van der Waals surface area contributed by atoms with E-state index in [1.54, 1.807) is 21.3 Å². The van der Waals surface area contributed by atoms with Crippen molar-refractivity contribution in [3.63, 3.8) is 0 Å². The third-order valence-electron chi connectivity index (χ3n) is 5.18. The summed E-state index contributed by atoms with van der Waals surface area (Å²) >= 11 is 0. The summed E-state index contributed by atoms with van der Waals surface area (Å²) in [6.07, 6.45) is 0. The Balaban J connectivity index is 1.70. The Morgan fingerprint density at radius 3 is 2.27 bits per heavy atom. The summed E-state index contributed by atoms with van der Waals surface area (Å²) in [5.41, 5.74) is 5.39. The Labute approximate surface area is 172 Å². The number of imidazole rings is 1. The van der Waals surface area contributed by atoms with Gasteiger partial charge < -0.3 is 19.2 Å². The van der Waals surface area contributed by atoms with Crippen LogP contribution in [0.15, 0.2) is 54.6 Å². The van der Waals surface area contributed by atoms with E-state index >= 15 is 0 Å². The zero-order valence-corrected chi connectivity index (χ0v) is 16.8. The molecule has 2 aromatic heterocycles. The molecule has 0 saturated carbocycles. The van der Waals surface area contributed by atoms with Gasteiger partial charge in [-0.1, -0.05) is 30.3 Å². The normalized spacial score (nSPS) is 11.2. The number of aromatic nitrogens is 4. The van der Waals surface area contributed by atoms with Crippen LogP contribution < -0.4 is 14.2 Å². The smallest absolute Gasteiger partial charge is 0.203 e. The summed E-state index contributed by atoms with van der Waals surface area (Å²) in [7, 11) is 4.81. The van der Waals surface area contributed by atoms with Crippen molar-refractivity contribution in [2.24, 2.45) is 0 Å². The third kappa shape index (κ3) is 2.75. The molecule has 5 aromatic rings. The van der Waals surface area contributed by atoms with E-state index in [9.17, 15) is 0 Å². The minimum absolute atomic E-state index is 0.557. The number of methoxy groups -OCH3 is 3. The lowest BCUT2D eigenvalue weighted by Crippen LogP contribution is -1.96. The molecule has 0 spiro atoms. The van der Waals surface area contributed by atoms with Gasteiger partial charge in [0, 0.05) is 10.9 Å². The number of H-pyrrole nitrogens is 2. The van der Waals surface area contributed by atoms with Crippen LogP contribution in [0.3, 0.4) is 0 Å². The van der Waals surface area contributed by atoms with E-state index in [1.807, 2.05) is 54.6 Å². The molecule has 3 aromatic carbocycles. The van der Waals surface area contributed by atoms with E-state index in [-0.39, 0.29) is 0 Å². The molecule has 150 valence electrons. The quantitative estimate of drug-likeness (QED) is 0.443. The fraction of sp³-hybridized carbons (Fsp3) is 0.130. The molecular formula is C23H20N4O3. The first kappa shape index (κ1) is 18.1. The molecule has 7 nitrogen and oxygen atoms in total. The van der Waals surface area contributed by atoms with Gasteiger partial charge in [-0.15, -0.1) is 0 Å². The number of hydrogen-bond donors (Lipinski definition) is 2. The highest BCUT2D eigenvalue weighted by molar-refractivity contribution is 5.97. The van der Waals surface area contributed by atoms with Gasteiger partial charge in [0.2, 0.25) is 5.75 Å². The van der Waals surface area contributed by atoms with Gasteiger partial charge in [-0.05, 0) is 29.8 Å².